The van der Waals surface area contributed by atoms with Crippen molar-refractivity contribution < 1.29 is 9.66 Å². The first-order valence-corrected chi connectivity index (χ1v) is 7.18. The molecule has 1 rings (SSSR count). The first-order valence-electron chi connectivity index (χ1n) is 7.18. The molecule has 21 heavy (non-hydrogen) atoms. The summed E-state index contributed by atoms with van der Waals surface area (Å²) in [5.74, 6) is 0.609. The number of hydrogen-bond acceptors (Lipinski definition) is 7. The normalized spacial score (nSPS) is 10.4. The van der Waals surface area contributed by atoms with Crippen molar-refractivity contribution in [2.24, 2.45) is 0 Å². The van der Waals surface area contributed by atoms with Gasteiger partial charge in [0, 0.05) is 19.7 Å². The number of aryl methyl sites for hydroxylation is 1. The fourth-order valence-corrected chi connectivity index (χ4v) is 1.74. The third-order valence-corrected chi connectivity index (χ3v) is 2.76. The van der Waals surface area contributed by atoms with E-state index < -0.39 is 4.92 Å². The molecule has 1 aromatic heterocycles. The molecule has 8 heteroatoms. The van der Waals surface area contributed by atoms with Crippen LogP contribution < -0.4 is 10.6 Å². The summed E-state index contributed by atoms with van der Waals surface area (Å²) in [6, 6.07) is 0. The van der Waals surface area contributed by atoms with Crippen molar-refractivity contribution >= 4 is 17.5 Å². The van der Waals surface area contributed by atoms with Crippen LogP contribution in [0.2, 0.25) is 0 Å². The van der Waals surface area contributed by atoms with Crippen molar-refractivity contribution in [2.75, 3.05) is 36.9 Å². The maximum absolute atomic E-state index is 11.1. The topological polar surface area (TPSA) is 102 Å². The molecule has 0 aliphatic carbocycles. The lowest BCUT2D eigenvalue weighted by Crippen LogP contribution is -2.15. The van der Waals surface area contributed by atoms with Crippen LogP contribution in [0.5, 0.6) is 0 Å². The summed E-state index contributed by atoms with van der Waals surface area (Å²) in [6.07, 6.45) is 2.09. The number of hydrogen-bond donors (Lipinski definition) is 2. The van der Waals surface area contributed by atoms with Crippen LogP contribution in [-0.4, -0.2) is 41.2 Å². The van der Waals surface area contributed by atoms with Crippen LogP contribution in [0.1, 0.15) is 32.4 Å². The lowest BCUT2D eigenvalue weighted by molar-refractivity contribution is -0.385. The van der Waals surface area contributed by atoms with Gasteiger partial charge in [-0.2, -0.15) is 4.98 Å². The highest BCUT2D eigenvalue weighted by atomic mass is 16.6. The summed E-state index contributed by atoms with van der Waals surface area (Å²) in [5.41, 5.74) is 0.241. The minimum Gasteiger partial charge on any atom is -0.380 e. The maximum atomic E-state index is 11.1. The minimum absolute atomic E-state index is 0.0924. The molecule has 0 aliphatic heterocycles. The van der Waals surface area contributed by atoms with Gasteiger partial charge in [-0.1, -0.05) is 13.3 Å². The predicted octanol–water partition coefficient (Wildman–Crippen LogP) is 2.35. The van der Waals surface area contributed by atoms with Crippen LogP contribution in [0.3, 0.4) is 0 Å². The van der Waals surface area contributed by atoms with Crippen LogP contribution in [0.4, 0.5) is 17.5 Å². The molecule has 0 aliphatic rings. The van der Waals surface area contributed by atoms with Crippen molar-refractivity contribution in [3.63, 3.8) is 0 Å². The molecule has 1 heterocycles. The molecule has 0 saturated carbocycles. The van der Waals surface area contributed by atoms with E-state index >= 15 is 0 Å². The van der Waals surface area contributed by atoms with Crippen molar-refractivity contribution in [3.8, 4) is 0 Å². The highest BCUT2D eigenvalue weighted by Crippen LogP contribution is 2.26. The number of unbranched alkanes of at least 4 members (excludes halogenated alkanes) is 1. The Kier molecular flexibility index (Phi) is 7.38. The Morgan fingerprint density at radius 1 is 1.24 bits per heavy atom. The van der Waals surface area contributed by atoms with Gasteiger partial charge in [-0.3, -0.25) is 10.1 Å². The minimum atomic E-state index is -0.467. The second kappa shape index (κ2) is 9.06. The van der Waals surface area contributed by atoms with E-state index in [4.69, 9.17) is 4.74 Å². The van der Waals surface area contributed by atoms with Crippen molar-refractivity contribution in [1.82, 2.24) is 9.97 Å². The average Bonchev–Trinajstić information content (AvgIpc) is 2.42. The van der Waals surface area contributed by atoms with Gasteiger partial charge in [0.05, 0.1) is 11.5 Å². The molecule has 0 unspecified atom stereocenters. The average molecular weight is 297 g/mol. The van der Waals surface area contributed by atoms with E-state index in [0.29, 0.717) is 37.9 Å². The molecule has 0 amide bonds. The van der Waals surface area contributed by atoms with E-state index in [1.165, 1.54) is 0 Å². The van der Waals surface area contributed by atoms with Crippen molar-refractivity contribution in [3.05, 3.63) is 15.8 Å². The number of nitro groups is 1. The first kappa shape index (κ1) is 17.1. The standard InChI is InChI=1S/C13H23N5O3/c1-4-6-8-21-9-7-15-12-11(18(19)20)10(3)16-13(17-12)14-5-2/h4-9H2,1-3H3,(H2,14,15,16,17). The van der Waals surface area contributed by atoms with E-state index in [9.17, 15) is 10.1 Å². The van der Waals surface area contributed by atoms with Crippen molar-refractivity contribution in [2.45, 2.75) is 33.6 Å². The Labute approximate surface area is 124 Å². The molecule has 0 aromatic carbocycles. The first-order chi connectivity index (χ1) is 10.1. The van der Waals surface area contributed by atoms with Gasteiger partial charge < -0.3 is 15.4 Å². The number of nitrogens with one attached hydrogen (secondary N) is 2. The van der Waals surface area contributed by atoms with E-state index in [0.717, 1.165) is 12.8 Å². The molecule has 0 spiro atoms. The van der Waals surface area contributed by atoms with Crippen molar-refractivity contribution in [1.29, 1.82) is 0 Å². The lowest BCUT2D eigenvalue weighted by atomic mass is 10.3. The van der Waals surface area contributed by atoms with Gasteiger partial charge in [0.1, 0.15) is 5.69 Å². The molecule has 0 fully saturated rings. The number of rotatable bonds is 10. The summed E-state index contributed by atoms with van der Waals surface area (Å²) in [6.45, 7) is 7.90. The summed E-state index contributed by atoms with van der Waals surface area (Å²) in [4.78, 5) is 18.9. The second-order valence-corrected chi connectivity index (χ2v) is 4.51. The van der Waals surface area contributed by atoms with E-state index in [1.54, 1.807) is 6.92 Å². The van der Waals surface area contributed by atoms with Crippen LogP contribution in [0.15, 0.2) is 0 Å². The van der Waals surface area contributed by atoms with Crippen LogP contribution >= 0.6 is 0 Å². The zero-order valence-corrected chi connectivity index (χ0v) is 12.8. The third kappa shape index (κ3) is 5.50. The van der Waals surface area contributed by atoms with Gasteiger partial charge in [-0.25, -0.2) is 4.98 Å². The van der Waals surface area contributed by atoms with E-state index in [1.807, 2.05) is 6.92 Å². The molecule has 8 nitrogen and oxygen atoms in total. The zero-order valence-electron chi connectivity index (χ0n) is 12.8. The molecule has 118 valence electrons. The Morgan fingerprint density at radius 2 is 2.00 bits per heavy atom. The largest absolute Gasteiger partial charge is 0.380 e. The van der Waals surface area contributed by atoms with Crippen LogP contribution in [0.25, 0.3) is 0 Å². The van der Waals surface area contributed by atoms with Gasteiger partial charge in [-0.05, 0) is 20.3 Å². The highest BCUT2D eigenvalue weighted by molar-refractivity contribution is 5.60. The van der Waals surface area contributed by atoms with Crippen LogP contribution in [0, 0.1) is 17.0 Å². The molecular formula is C13H23N5O3. The molecule has 0 bridgehead atoms. The molecule has 2 N–H and O–H groups in total. The van der Waals surface area contributed by atoms with Gasteiger partial charge in [0.15, 0.2) is 0 Å². The van der Waals surface area contributed by atoms with Gasteiger partial charge >= 0.3 is 5.69 Å². The summed E-state index contributed by atoms with van der Waals surface area (Å²) in [7, 11) is 0. The van der Waals surface area contributed by atoms with Gasteiger partial charge in [-0.15, -0.1) is 0 Å². The molecule has 0 saturated heterocycles. The van der Waals surface area contributed by atoms with Gasteiger partial charge in [0.25, 0.3) is 0 Å². The Balaban J connectivity index is 2.71. The molecular weight excluding hydrogens is 274 g/mol. The summed E-state index contributed by atoms with van der Waals surface area (Å²) in [5, 5.41) is 17.0. The Bertz CT molecular complexity index is 467. The molecule has 0 radical (unpaired) electrons. The second-order valence-electron chi connectivity index (χ2n) is 4.51. The van der Waals surface area contributed by atoms with E-state index in [2.05, 4.69) is 27.5 Å². The fraction of sp³-hybridized carbons (Fsp3) is 0.692. The predicted molar refractivity (Wildman–Crippen MR) is 81.8 cm³/mol. The number of anilines is 2. The molecule has 1 aromatic rings. The van der Waals surface area contributed by atoms with Gasteiger partial charge in [0.2, 0.25) is 11.8 Å². The zero-order chi connectivity index (χ0) is 15.7. The SMILES string of the molecule is CCCCOCCNc1nc(NCC)nc(C)c1[N+](=O)[O-]. The summed E-state index contributed by atoms with van der Waals surface area (Å²) >= 11 is 0. The fourth-order valence-electron chi connectivity index (χ4n) is 1.74. The number of aromatic nitrogens is 2. The number of ether oxygens (including phenoxy) is 1. The molecule has 0 atom stereocenters. The Hall–Kier alpha value is -1.96. The smallest absolute Gasteiger partial charge is 0.332 e. The Morgan fingerprint density at radius 3 is 2.62 bits per heavy atom. The number of nitrogens with zero attached hydrogens (tertiary/aromatic N) is 3. The van der Waals surface area contributed by atoms with Crippen LogP contribution in [-0.2, 0) is 4.74 Å². The lowest BCUT2D eigenvalue weighted by Gasteiger charge is -2.10. The quantitative estimate of drug-likeness (QED) is 0.388. The van der Waals surface area contributed by atoms with E-state index in [-0.39, 0.29) is 11.5 Å². The highest BCUT2D eigenvalue weighted by Gasteiger charge is 2.21. The monoisotopic (exact) mass is 297 g/mol. The maximum Gasteiger partial charge on any atom is 0.332 e. The summed E-state index contributed by atoms with van der Waals surface area (Å²) < 4.78 is 5.41. The third-order valence-electron chi connectivity index (χ3n) is 2.76.